The van der Waals surface area contributed by atoms with Crippen LogP contribution in [0, 0.1) is 0 Å². The van der Waals surface area contributed by atoms with Gasteiger partial charge in [-0.05, 0) is 58.9 Å². The average Bonchev–Trinajstić information content (AvgIpc) is 2.94. The molecule has 0 bridgehead atoms. The van der Waals surface area contributed by atoms with Gasteiger partial charge < -0.3 is 10.1 Å². The summed E-state index contributed by atoms with van der Waals surface area (Å²) in [6.45, 7) is 9.16. The monoisotopic (exact) mass is 470 g/mol. The minimum Gasteiger partial charge on any atom is -0.459 e. The molecule has 0 atom stereocenters. The van der Waals surface area contributed by atoms with E-state index in [1.54, 1.807) is 0 Å². The van der Waals surface area contributed by atoms with Crippen molar-refractivity contribution in [2.45, 2.75) is 55.7 Å². The number of hydrogen-bond donors (Lipinski definition) is 1. The van der Waals surface area contributed by atoms with Crippen LogP contribution in [0.1, 0.15) is 40.3 Å². The molecule has 146 valence electrons. The van der Waals surface area contributed by atoms with Crippen molar-refractivity contribution in [1.29, 1.82) is 0 Å². The molecule has 0 fully saturated rings. The Bertz CT molecular complexity index is 811. The maximum atomic E-state index is 12.4. The second kappa shape index (κ2) is 8.75. The summed E-state index contributed by atoms with van der Waals surface area (Å²) in [4.78, 5) is 29.0. The molecule has 8 heteroatoms. The molecular formula is C19H23BrN2O3S2. The number of carbonyl (C=O) groups is 2. The second-order valence-corrected chi connectivity index (χ2v) is 11.1. The number of aromatic nitrogens is 1. The van der Waals surface area contributed by atoms with Crippen LogP contribution in [0.15, 0.2) is 38.5 Å². The number of nitrogens with one attached hydrogen (secondary N) is 1. The van der Waals surface area contributed by atoms with Gasteiger partial charge in [-0.3, -0.25) is 9.59 Å². The SMILES string of the molecule is CC(C)(C)OC(=O)C(C)(C)Sc1nc(CC(=O)Nc2ccc(Br)cc2)cs1. The lowest BCUT2D eigenvalue weighted by Gasteiger charge is -2.27. The Morgan fingerprint density at radius 2 is 1.81 bits per heavy atom. The molecular weight excluding hydrogens is 448 g/mol. The minimum atomic E-state index is -0.762. The van der Waals surface area contributed by atoms with Crippen LogP contribution in [0.4, 0.5) is 5.69 Å². The smallest absolute Gasteiger partial charge is 0.322 e. The number of anilines is 1. The number of amides is 1. The fourth-order valence-corrected chi connectivity index (χ4v) is 4.47. The van der Waals surface area contributed by atoms with Crippen molar-refractivity contribution in [2.75, 3.05) is 5.32 Å². The van der Waals surface area contributed by atoms with E-state index >= 15 is 0 Å². The lowest BCUT2D eigenvalue weighted by atomic mass is 10.1. The van der Waals surface area contributed by atoms with Crippen LogP contribution in [0.3, 0.4) is 0 Å². The molecule has 1 heterocycles. The van der Waals surface area contributed by atoms with Crippen LogP contribution >= 0.6 is 39.0 Å². The van der Waals surface area contributed by atoms with E-state index in [9.17, 15) is 9.59 Å². The average molecular weight is 471 g/mol. The Labute approximate surface area is 176 Å². The molecule has 1 aromatic heterocycles. The molecule has 0 spiro atoms. The molecule has 0 aliphatic carbocycles. The zero-order chi connectivity index (χ0) is 20.2. The quantitative estimate of drug-likeness (QED) is 0.458. The zero-order valence-electron chi connectivity index (χ0n) is 16.0. The third kappa shape index (κ3) is 7.27. The van der Waals surface area contributed by atoms with Gasteiger partial charge in [0.25, 0.3) is 0 Å². The van der Waals surface area contributed by atoms with E-state index in [1.807, 2.05) is 64.3 Å². The topological polar surface area (TPSA) is 68.3 Å². The summed E-state index contributed by atoms with van der Waals surface area (Å²) in [7, 11) is 0. The molecule has 0 saturated heterocycles. The van der Waals surface area contributed by atoms with Crippen molar-refractivity contribution < 1.29 is 14.3 Å². The van der Waals surface area contributed by atoms with E-state index in [2.05, 4.69) is 26.2 Å². The van der Waals surface area contributed by atoms with E-state index in [1.165, 1.54) is 23.1 Å². The van der Waals surface area contributed by atoms with Gasteiger partial charge >= 0.3 is 5.97 Å². The molecule has 1 amide bonds. The Balaban J connectivity index is 1.94. The number of carbonyl (C=O) groups excluding carboxylic acids is 2. The standard InChI is InChI=1S/C19H23BrN2O3S2/c1-18(2,3)25-16(24)19(4,5)27-17-22-14(11-26-17)10-15(23)21-13-8-6-12(20)7-9-13/h6-9,11H,10H2,1-5H3,(H,21,23). The first-order valence-electron chi connectivity index (χ1n) is 8.37. The molecule has 1 aromatic carbocycles. The highest BCUT2D eigenvalue weighted by Crippen LogP contribution is 2.36. The Kier molecular flexibility index (Phi) is 7.10. The number of halogens is 1. The number of nitrogens with zero attached hydrogens (tertiary/aromatic N) is 1. The van der Waals surface area contributed by atoms with Crippen molar-refractivity contribution in [3.63, 3.8) is 0 Å². The number of hydrogen-bond acceptors (Lipinski definition) is 6. The van der Waals surface area contributed by atoms with Gasteiger partial charge in [-0.25, -0.2) is 4.98 Å². The van der Waals surface area contributed by atoms with Gasteiger partial charge in [-0.15, -0.1) is 11.3 Å². The van der Waals surface area contributed by atoms with Crippen LogP contribution in [0.5, 0.6) is 0 Å². The maximum absolute atomic E-state index is 12.4. The highest BCUT2D eigenvalue weighted by Gasteiger charge is 2.34. The third-order valence-electron chi connectivity index (χ3n) is 3.23. The first-order chi connectivity index (χ1) is 12.4. The third-order valence-corrected chi connectivity index (χ3v) is 5.93. The summed E-state index contributed by atoms with van der Waals surface area (Å²) in [5.74, 6) is -0.421. The zero-order valence-corrected chi connectivity index (χ0v) is 19.2. The maximum Gasteiger partial charge on any atom is 0.322 e. The number of ether oxygens (including phenoxy) is 1. The van der Waals surface area contributed by atoms with E-state index in [4.69, 9.17) is 4.74 Å². The van der Waals surface area contributed by atoms with Crippen LogP contribution in [0.25, 0.3) is 0 Å². The summed E-state index contributed by atoms with van der Waals surface area (Å²) in [6, 6.07) is 7.39. The van der Waals surface area contributed by atoms with Crippen LogP contribution in [-0.2, 0) is 20.7 Å². The van der Waals surface area contributed by atoms with Crippen LogP contribution in [-0.4, -0.2) is 27.2 Å². The van der Waals surface area contributed by atoms with Crippen molar-refractivity contribution in [3.05, 3.63) is 39.8 Å². The highest BCUT2D eigenvalue weighted by atomic mass is 79.9. The molecule has 0 aliphatic rings. The van der Waals surface area contributed by atoms with Crippen LogP contribution in [0.2, 0.25) is 0 Å². The van der Waals surface area contributed by atoms with Gasteiger partial charge in [0, 0.05) is 15.5 Å². The highest BCUT2D eigenvalue weighted by molar-refractivity contribution is 9.10. The van der Waals surface area contributed by atoms with Gasteiger partial charge in [-0.1, -0.05) is 27.7 Å². The van der Waals surface area contributed by atoms with E-state index in [0.29, 0.717) is 5.69 Å². The van der Waals surface area contributed by atoms with Crippen molar-refractivity contribution in [3.8, 4) is 0 Å². The predicted molar refractivity (Wildman–Crippen MR) is 114 cm³/mol. The summed E-state index contributed by atoms with van der Waals surface area (Å²) in [5.41, 5.74) is 0.879. The first kappa shape index (κ1) is 21.9. The predicted octanol–water partition coefficient (Wildman–Crippen LogP) is 5.30. The van der Waals surface area contributed by atoms with E-state index in [0.717, 1.165) is 14.5 Å². The van der Waals surface area contributed by atoms with Crippen LogP contribution < -0.4 is 5.32 Å². The van der Waals surface area contributed by atoms with Crippen molar-refractivity contribution >= 4 is 56.6 Å². The molecule has 0 unspecified atom stereocenters. The number of thioether (sulfide) groups is 1. The largest absolute Gasteiger partial charge is 0.459 e. The van der Waals surface area contributed by atoms with Crippen molar-refractivity contribution in [2.24, 2.45) is 0 Å². The lowest BCUT2D eigenvalue weighted by molar-refractivity contribution is -0.156. The summed E-state index contributed by atoms with van der Waals surface area (Å²) >= 11 is 6.13. The molecule has 0 saturated carbocycles. The molecule has 0 aliphatic heterocycles. The summed E-state index contributed by atoms with van der Waals surface area (Å²) in [6.07, 6.45) is 0.181. The molecule has 0 radical (unpaired) electrons. The van der Waals surface area contributed by atoms with E-state index < -0.39 is 10.3 Å². The minimum absolute atomic E-state index is 0.134. The molecule has 5 nitrogen and oxygen atoms in total. The Morgan fingerprint density at radius 3 is 2.41 bits per heavy atom. The van der Waals surface area contributed by atoms with Crippen molar-refractivity contribution in [1.82, 2.24) is 4.98 Å². The van der Waals surface area contributed by atoms with Gasteiger partial charge in [0.2, 0.25) is 5.91 Å². The molecule has 2 rings (SSSR count). The molecule has 1 N–H and O–H groups in total. The second-order valence-electron chi connectivity index (χ2n) is 7.45. The first-order valence-corrected chi connectivity index (χ1v) is 10.9. The van der Waals surface area contributed by atoms with Gasteiger partial charge in [0.1, 0.15) is 10.3 Å². The Morgan fingerprint density at radius 1 is 1.19 bits per heavy atom. The fourth-order valence-electron chi connectivity index (χ4n) is 1.98. The summed E-state index contributed by atoms with van der Waals surface area (Å²) < 4.78 is 6.40. The fraction of sp³-hybridized carbons (Fsp3) is 0.421. The summed E-state index contributed by atoms with van der Waals surface area (Å²) in [5, 5.41) is 4.68. The van der Waals surface area contributed by atoms with E-state index in [-0.39, 0.29) is 18.3 Å². The normalized spacial score (nSPS) is 11.9. The van der Waals surface area contributed by atoms with Gasteiger partial charge in [-0.2, -0.15) is 0 Å². The Hall–Kier alpha value is -1.38. The van der Waals surface area contributed by atoms with Gasteiger partial charge in [0.15, 0.2) is 4.34 Å². The van der Waals surface area contributed by atoms with Gasteiger partial charge in [0.05, 0.1) is 12.1 Å². The lowest BCUT2D eigenvalue weighted by Crippen LogP contribution is -2.36. The number of rotatable bonds is 6. The number of thiazole rings is 1. The molecule has 27 heavy (non-hydrogen) atoms. The number of esters is 1. The molecule has 2 aromatic rings. The number of benzene rings is 1.